The number of rotatable bonds is 3. The molecule has 1 heterocycles. The molecule has 1 aliphatic rings. The normalized spacial score (nSPS) is 18.6. The maximum absolute atomic E-state index is 13.3. The first-order chi connectivity index (χ1) is 10.2. The molecule has 1 aliphatic heterocycles. The van der Waals surface area contributed by atoms with E-state index in [0.29, 0.717) is 31.5 Å². The van der Waals surface area contributed by atoms with Crippen molar-refractivity contribution in [1.29, 1.82) is 0 Å². The molecule has 0 spiro atoms. The van der Waals surface area contributed by atoms with Crippen molar-refractivity contribution < 1.29 is 26.0 Å². The van der Waals surface area contributed by atoms with Crippen molar-refractivity contribution in [2.45, 2.75) is 23.9 Å². The minimum absolute atomic E-state index is 0.197. The lowest BCUT2D eigenvalue weighted by molar-refractivity contribution is -0.140. The predicted molar refractivity (Wildman–Crippen MR) is 71.9 cm³/mol. The van der Waals surface area contributed by atoms with Crippen LogP contribution in [-0.2, 0) is 16.2 Å². The molecular formula is C13H16F4N2O2S. The highest BCUT2D eigenvalue weighted by molar-refractivity contribution is 7.89. The van der Waals surface area contributed by atoms with E-state index >= 15 is 0 Å². The zero-order valence-electron chi connectivity index (χ0n) is 11.6. The summed E-state index contributed by atoms with van der Waals surface area (Å²) in [5.41, 5.74) is 3.94. The van der Waals surface area contributed by atoms with Crippen LogP contribution in [0.1, 0.15) is 18.4 Å². The number of piperidine rings is 1. The predicted octanol–water partition coefficient (Wildman–Crippen LogP) is 2.20. The van der Waals surface area contributed by atoms with Crippen molar-refractivity contribution in [3.8, 4) is 0 Å². The van der Waals surface area contributed by atoms with Gasteiger partial charge in [0, 0.05) is 13.1 Å². The lowest BCUT2D eigenvalue weighted by Crippen LogP contribution is -2.40. The molecule has 9 heteroatoms. The zero-order valence-corrected chi connectivity index (χ0v) is 12.4. The Hall–Kier alpha value is -1.19. The van der Waals surface area contributed by atoms with Crippen molar-refractivity contribution in [3.05, 3.63) is 29.6 Å². The molecule has 0 aliphatic carbocycles. The first-order valence-electron chi connectivity index (χ1n) is 6.73. The van der Waals surface area contributed by atoms with Crippen LogP contribution in [0.25, 0.3) is 0 Å². The first kappa shape index (κ1) is 17.2. The van der Waals surface area contributed by atoms with Crippen LogP contribution >= 0.6 is 0 Å². The maximum Gasteiger partial charge on any atom is 0.419 e. The standard InChI is InChI=1S/C13H16F4N2O2S/c14-12-2-1-10(7-11(12)13(15,16)17)22(20,21)19-5-3-9(8-18)4-6-19/h1-2,7,9H,3-6,8,18H2. The molecule has 0 saturated carbocycles. The van der Waals surface area contributed by atoms with Crippen LogP contribution in [0, 0.1) is 11.7 Å². The first-order valence-corrected chi connectivity index (χ1v) is 8.17. The largest absolute Gasteiger partial charge is 0.419 e. The van der Waals surface area contributed by atoms with Gasteiger partial charge in [0.2, 0.25) is 10.0 Å². The Morgan fingerprint density at radius 2 is 1.82 bits per heavy atom. The third kappa shape index (κ3) is 3.41. The van der Waals surface area contributed by atoms with Gasteiger partial charge in [0.25, 0.3) is 0 Å². The molecule has 1 aromatic carbocycles. The number of nitrogens with two attached hydrogens (primary N) is 1. The molecule has 0 unspecified atom stereocenters. The summed E-state index contributed by atoms with van der Waals surface area (Å²) < 4.78 is 77.2. The van der Waals surface area contributed by atoms with Gasteiger partial charge in [-0.3, -0.25) is 0 Å². The SMILES string of the molecule is NCC1CCN(S(=O)(=O)c2ccc(F)c(C(F)(F)F)c2)CC1. The van der Waals surface area contributed by atoms with Gasteiger partial charge in [0.05, 0.1) is 10.5 Å². The van der Waals surface area contributed by atoms with E-state index in [1.54, 1.807) is 0 Å². The molecule has 0 amide bonds. The number of hydrogen-bond acceptors (Lipinski definition) is 3. The summed E-state index contributed by atoms with van der Waals surface area (Å²) >= 11 is 0. The van der Waals surface area contributed by atoms with Crippen LogP contribution in [-0.4, -0.2) is 32.4 Å². The van der Waals surface area contributed by atoms with E-state index in [1.807, 2.05) is 0 Å². The second kappa shape index (κ2) is 6.13. The fraction of sp³-hybridized carbons (Fsp3) is 0.538. The Morgan fingerprint density at radius 1 is 1.23 bits per heavy atom. The van der Waals surface area contributed by atoms with Crippen LogP contribution < -0.4 is 5.73 Å². The molecule has 1 aromatic rings. The van der Waals surface area contributed by atoms with Crippen LogP contribution in [0.15, 0.2) is 23.1 Å². The van der Waals surface area contributed by atoms with Gasteiger partial charge in [0.1, 0.15) is 5.82 Å². The van der Waals surface area contributed by atoms with Gasteiger partial charge in [-0.25, -0.2) is 12.8 Å². The highest BCUT2D eigenvalue weighted by atomic mass is 32.2. The molecular weight excluding hydrogens is 324 g/mol. The quantitative estimate of drug-likeness (QED) is 0.858. The fourth-order valence-electron chi connectivity index (χ4n) is 2.42. The average molecular weight is 340 g/mol. The van der Waals surface area contributed by atoms with Gasteiger partial charge in [-0.05, 0) is 43.5 Å². The maximum atomic E-state index is 13.3. The summed E-state index contributed by atoms with van der Waals surface area (Å²) in [6.45, 7) is 0.842. The lowest BCUT2D eigenvalue weighted by atomic mass is 9.99. The van der Waals surface area contributed by atoms with Gasteiger partial charge < -0.3 is 5.73 Å². The molecule has 0 atom stereocenters. The molecule has 2 N–H and O–H groups in total. The van der Waals surface area contributed by atoms with E-state index < -0.39 is 32.5 Å². The lowest BCUT2D eigenvalue weighted by Gasteiger charge is -2.30. The van der Waals surface area contributed by atoms with E-state index in [-0.39, 0.29) is 19.0 Å². The summed E-state index contributed by atoms with van der Waals surface area (Å²) in [4.78, 5) is -0.549. The van der Waals surface area contributed by atoms with Crippen molar-refractivity contribution in [1.82, 2.24) is 4.31 Å². The molecule has 0 radical (unpaired) electrons. The van der Waals surface area contributed by atoms with Crippen LogP contribution in [0.4, 0.5) is 17.6 Å². The summed E-state index contributed by atoms with van der Waals surface area (Å²) in [6.07, 6.45) is -3.83. The van der Waals surface area contributed by atoms with E-state index in [0.717, 1.165) is 10.4 Å². The second-order valence-corrected chi connectivity index (χ2v) is 7.16. The highest BCUT2D eigenvalue weighted by Gasteiger charge is 2.36. The molecule has 1 fully saturated rings. The summed E-state index contributed by atoms with van der Waals surface area (Å²) in [5, 5.41) is 0. The topological polar surface area (TPSA) is 63.4 Å². The van der Waals surface area contributed by atoms with E-state index in [2.05, 4.69) is 0 Å². The third-order valence-electron chi connectivity index (χ3n) is 3.79. The highest BCUT2D eigenvalue weighted by Crippen LogP contribution is 2.33. The van der Waals surface area contributed by atoms with Crippen molar-refractivity contribution in [2.75, 3.05) is 19.6 Å². The van der Waals surface area contributed by atoms with Gasteiger partial charge >= 0.3 is 6.18 Å². The molecule has 0 aromatic heterocycles. The Kier molecular flexibility index (Phi) is 4.78. The Labute approximate surface area is 126 Å². The van der Waals surface area contributed by atoms with E-state index in [4.69, 9.17) is 5.73 Å². The fourth-order valence-corrected chi connectivity index (χ4v) is 3.91. The smallest absolute Gasteiger partial charge is 0.330 e. The molecule has 2 rings (SSSR count). The van der Waals surface area contributed by atoms with Gasteiger partial charge in [0.15, 0.2) is 0 Å². The Balaban J connectivity index is 2.31. The molecule has 4 nitrogen and oxygen atoms in total. The molecule has 22 heavy (non-hydrogen) atoms. The van der Waals surface area contributed by atoms with Gasteiger partial charge in [-0.1, -0.05) is 0 Å². The summed E-state index contributed by atoms with van der Waals surface area (Å²) in [5.74, 6) is -1.28. The number of sulfonamides is 1. The third-order valence-corrected chi connectivity index (χ3v) is 5.68. The second-order valence-electron chi connectivity index (χ2n) is 5.22. The Morgan fingerprint density at radius 3 is 2.32 bits per heavy atom. The number of alkyl halides is 3. The van der Waals surface area contributed by atoms with Crippen LogP contribution in [0.2, 0.25) is 0 Å². The summed E-state index contributed by atoms with van der Waals surface area (Å²) in [6, 6.07) is 1.73. The van der Waals surface area contributed by atoms with Crippen molar-refractivity contribution in [2.24, 2.45) is 11.7 Å². The van der Waals surface area contributed by atoms with Crippen LogP contribution in [0.5, 0.6) is 0 Å². The van der Waals surface area contributed by atoms with Gasteiger partial charge in [-0.2, -0.15) is 17.5 Å². The number of halogens is 4. The monoisotopic (exact) mass is 340 g/mol. The number of hydrogen-bond donors (Lipinski definition) is 1. The summed E-state index contributed by atoms with van der Waals surface area (Å²) in [7, 11) is -4.07. The average Bonchev–Trinajstić information content (AvgIpc) is 2.46. The number of benzene rings is 1. The van der Waals surface area contributed by atoms with Gasteiger partial charge in [-0.15, -0.1) is 0 Å². The Bertz CT molecular complexity index is 638. The molecule has 1 saturated heterocycles. The molecule has 0 bridgehead atoms. The minimum atomic E-state index is -4.94. The van der Waals surface area contributed by atoms with E-state index in [9.17, 15) is 26.0 Å². The van der Waals surface area contributed by atoms with E-state index in [1.165, 1.54) is 0 Å². The molecule has 124 valence electrons. The zero-order chi connectivity index (χ0) is 16.5. The van der Waals surface area contributed by atoms with Crippen molar-refractivity contribution in [3.63, 3.8) is 0 Å². The minimum Gasteiger partial charge on any atom is -0.330 e. The van der Waals surface area contributed by atoms with Crippen LogP contribution in [0.3, 0.4) is 0 Å². The number of nitrogens with zero attached hydrogens (tertiary/aromatic N) is 1. The van der Waals surface area contributed by atoms with Crippen molar-refractivity contribution >= 4 is 10.0 Å².